The maximum atomic E-state index is 12.5. The molecule has 4 nitrogen and oxygen atoms in total. The lowest BCUT2D eigenvalue weighted by Crippen LogP contribution is -2.50. The number of carbonyl (C=O) groups is 1. The van der Waals surface area contributed by atoms with Crippen molar-refractivity contribution >= 4 is 11.5 Å². The third kappa shape index (κ3) is 3.39. The minimum atomic E-state index is -0.298. The lowest BCUT2D eigenvalue weighted by Gasteiger charge is -2.34. The Morgan fingerprint density at radius 1 is 1.32 bits per heavy atom. The predicted molar refractivity (Wildman–Crippen MR) is 87.6 cm³/mol. The van der Waals surface area contributed by atoms with E-state index in [1.165, 1.54) is 16.7 Å². The first-order valence-electron chi connectivity index (χ1n) is 7.98. The monoisotopic (exact) mass is 300 g/mol. The lowest BCUT2D eigenvalue weighted by molar-refractivity contribution is -0.148. The van der Waals surface area contributed by atoms with Crippen molar-refractivity contribution in [3.8, 4) is 0 Å². The topological polar surface area (TPSA) is 32.8 Å². The second-order valence-electron chi connectivity index (χ2n) is 6.25. The van der Waals surface area contributed by atoms with Crippen molar-refractivity contribution in [2.75, 3.05) is 39.8 Å². The summed E-state index contributed by atoms with van der Waals surface area (Å²) in [6, 6.07) is 8.56. The number of aryl methyl sites for hydroxylation is 1. The van der Waals surface area contributed by atoms with Crippen LogP contribution < -0.4 is 0 Å². The molecule has 1 saturated heterocycles. The average Bonchev–Trinajstić information content (AvgIpc) is 2.54. The van der Waals surface area contributed by atoms with Gasteiger partial charge < -0.3 is 14.5 Å². The number of nitrogens with zero attached hydrogens (tertiary/aromatic N) is 2. The van der Waals surface area contributed by atoms with Crippen LogP contribution in [0.4, 0.5) is 0 Å². The fourth-order valence-electron chi connectivity index (χ4n) is 3.11. The van der Waals surface area contributed by atoms with E-state index in [4.69, 9.17) is 4.74 Å². The second kappa shape index (κ2) is 6.63. The van der Waals surface area contributed by atoms with E-state index in [0.29, 0.717) is 19.7 Å². The average molecular weight is 300 g/mol. The first-order valence-corrected chi connectivity index (χ1v) is 7.98. The third-order valence-corrected chi connectivity index (χ3v) is 4.45. The molecule has 0 radical (unpaired) electrons. The number of amides is 1. The van der Waals surface area contributed by atoms with Gasteiger partial charge in [-0.1, -0.05) is 35.9 Å². The van der Waals surface area contributed by atoms with E-state index in [9.17, 15) is 4.79 Å². The Kier molecular flexibility index (Phi) is 4.60. The van der Waals surface area contributed by atoms with E-state index < -0.39 is 0 Å². The Balaban J connectivity index is 1.64. The minimum absolute atomic E-state index is 0.131. The molecule has 1 amide bonds. The first kappa shape index (κ1) is 15.3. The summed E-state index contributed by atoms with van der Waals surface area (Å²) < 4.78 is 5.64. The Labute approximate surface area is 132 Å². The predicted octanol–water partition coefficient (Wildman–Crippen LogP) is 1.94. The van der Waals surface area contributed by atoms with Crippen LogP contribution in [0.1, 0.15) is 17.5 Å². The standard InChI is InChI=1S/C18H24N2O2/c1-14-4-3-5-16(12-14)15-6-8-20(9-7-15)18(21)17-13-19(2)10-11-22-17/h3-6,12,17H,7-11,13H2,1-2H3/t17-/m1/s1. The number of benzene rings is 1. The van der Waals surface area contributed by atoms with Crippen molar-refractivity contribution in [2.24, 2.45) is 0 Å². The molecule has 0 saturated carbocycles. The van der Waals surface area contributed by atoms with Crippen molar-refractivity contribution in [3.05, 3.63) is 41.5 Å². The summed E-state index contributed by atoms with van der Waals surface area (Å²) in [6.07, 6.45) is 2.80. The first-order chi connectivity index (χ1) is 10.6. The summed E-state index contributed by atoms with van der Waals surface area (Å²) in [6.45, 7) is 5.82. The fraction of sp³-hybridized carbons (Fsp3) is 0.500. The molecule has 1 atom stereocenters. The Morgan fingerprint density at radius 2 is 2.18 bits per heavy atom. The summed E-state index contributed by atoms with van der Waals surface area (Å²) >= 11 is 0. The zero-order chi connectivity index (χ0) is 15.5. The van der Waals surface area contributed by atoms with E-state index in [2.05, 4.69) is 42.2 Å². The zero-order valence-electron chi connectivity index (χ0n) is 13.4. The van der Waals surface area contributed by atoms with Gasteiger partial charge in [0, 0.05) is 26.2 Å². The van der Waals surface area contributed by atoms with Gasteiger partial charge in [-0.05, 0) is 31.5 Å². The van der Waals surface area contributed by atoms with Crippen LogP contribution in [0.5, 0.6) is 0 Å². The number of hydrogen-bond donors (Lipinski definition) is 0. The summed E-state index contributed by atoms with van der Waals surface area (Å²) in [4.78, 5) is 16.6. The molecular formula is C18H24N2O2. The maximum absolute atomic E-state index is 12.5. The van der Waals surface area contributed by atoms with Gasteiger partial charge in [-0.2, -0.15) is 0 Å². The maximum Gasteiger partial charge on any atom is 0.253 e. The molecule has 0 bridgehead atoms. The van der Waals surface area contributed by atoms with E-state index in [0.717, 1.165) is 19.5 Å². The van der Waals surface area contributed by atoms with Crippen molar-refractivity contribution in [1.82, 2.24) is 9.80 Å². The lowest BCUT2D eigenvalue weighted by atomic mass is 9.98. The van der Waals surface area contributed by atoms with Crippen LogP contribution in [0.2, 0.25) is 0 Å². The summed E-state index contributed by atoms with van der Waals surface area (Å²) in [5.41, 5.74) is 3.89. The molecule has 4 heteroatoms. The van der Waals surface area contributed by atoms with Crippen LogP contribution in [0, 0.1) is 6.92 Å². The summed E-state index contributed by atoms with van der Waals surface area (Å²) in [5, 5.41) is 0. The molecule has 2 heterocycles. The second-order valence-corrected chi connectivity index (χ2v) is 6.25. The van der Waals surface area contributed by atoms with Crippen LogP contribution in [0.15, 0.2) is 30.3 Å². The van der Waals surface area contributed by atoms with Crippen molar-refractivity contribution < 1.29 is 9.53 Å². The molecule has 1 aromatic carbocycles. The normalized spacial score (nSPS) is 23.3. The van der Waals surface area contributed by atoms with E-state index in [1.807, 2.05) is 11.9 Å². The van der Waals surface area contributed by atoms with Crippen molar-refractivity contribution in [3.63, 3.8) is 0 Å². The van der Waals surface area contributed by atoms with E-state index in [1.54, 1.807) is 0 Å². The van der Waals surface area contributed by atoms with E-state index in [-0.39, 0.29) is 12.0 Å². The zero-order valence-corrected chi connectivity index (χ0v) is 13.4. The molecule has 0 unspecified atom stereocenters. The molecule has 0 aromatic heterocycles. The number of likely N-dealkylation sites (N-methyl/N-ethyl adjacent to an activating group) is 1. The highest BCUT2D eigenvalue weighted by Crippen LogP contribution is 2.23. The van der Waals surface area contributed by atoms with Gasteiger partial charge in [-0.15, -0.1) is 0 Å². The van der Waals surface area contributed by atoms with Gasteiger partial charge in [0.2, 0.25) is 0 Å². The minimum Gasteiger partial charge on any atom is -0.366 e. The smallest absolute Gasteiger partial charge is 0.253 e. The molecule has 22 heavy (non-hydrogen) atoms. The fourth-order valence-corrected chi connectivity index (χ4v) is 3.11. The van der Waals surface area contributed by atoms with Crippen molar-refractivity contribution in [2.45, 2.75) is 19.4 Å². The molecule has 1 aromatic rings. The molecule has 0 spiro atoms. The third-order valence-electron chi connectivity index (χ3n) is 4.45. The van der Waals surface area contributed by atoms with Crippen LogP contribution in [0.25, 0.3) is 5.57 Å². The Hall–Kier alpha value is -1.65. The van der Waals surface area contributed by atoms with Gasteiger partial charge >= 0.3 is 0 Å². The van der Waals surface area contributed by atoms with E-state index >= 15 is 0 Å². The van der Waals surface area contributed by atoms with Crippen molar-refractivity contribution in [1.29, 1.82) is 0 Å². The highest BCUT2D eigenvalue weighted by molar-refractivity contribution is 5.82. The largest absolute Gasteiger partial charge is 0.366 e. The van der Waals surface area contributed by atoms with Crippen LogP contribution in [-0.2, 0) is 9.53 Å². The van der Waals surface area contributed by atoms with Crippen LogP contribution >= 0.6 is 0 Å². The molecule has 0 N–H and O–H groups in total. The van der Waals surface area contributed by atoms with Gasteiger partial charge in [0.1, 0.15) is 6.10 Å². The molecule has 3 rings (SSSR count). The Morgan fingerprint density at radius 3 is 2.86 bits per heavy atom. The summed E-state index contributed by atoms with van der Waals surface area (Å²) in [5.74, 6) is 0.131. The van der Waals surface area contributed by atoms with Gasteiger partial charge in [0.05, 0.1) is 6.61 Å². The number of carbonyl (C=O) groups excluding carboxylic acids is 1. The number of hydrogen-bond acceptors (Lipinski definition) is 3. The highest BCUT2D eigenvalue weighted by Gasteiger charge is 2.29. The molecule has 118 valence electrons. The van der Waals surface area contributed by atoms with Gasteiger partial charge in [0.25, 0.3) is 5.91 Å². The summed E-state index contributed by atoms with van der Waals surface area (Å²) in [7, 11) is 2.04. The van der Waals surface area contributed by atoms with Crippen LogP contribution in [0.3, 0.4) is 0 Å². The molecule has 1 fully saturated rings. The highest BCUT2D eigenvalue weighted by atomic mass is 16.5. The molecule has 2 aliphatic rings. The Bertz CT molecular complexity index is 582. The molecule has 2 aliphatic heterocycles. The number of rotatable bonds is 2. The SMILES string of the molecule is Cc1cccc(C2=CCN(C(=O)[C@H]3CN(C)CCO3)CC2)c1. The quantitative estimate of drug-likeness (QED) is 0.837. The van der Waals surface area contributed by atoms with Gasteiger partial charge in [-0.3, -0.25) is 4.79 Å². The van der Waals surface area contributed by atoms with Crippen LogP contribution in [-0.4, -0.2) is 61.6 Å². The van der Waals surface area contributed by atoms with Gasteiger partial charge in [-0.25, -0.2) is 0 Å². The molecule has 0 aliphatic carbocycles. The van der Waals surface area contributed by atoms with Gasteiger partial charge in [0.15, 0.2) is 0 Å². The number of ether oxygens (including phenoxy) is 1. The number of morpholine rings is 1. The molecular weight excluding hydrogens is 276 g/mol.